The van der Waals surface area contributed by atoms with Crippen LogP contribution < -0.4 is 4.74 Å². The Bertz CT molecular complexity index is 753. The van der Waals surface area contributed by atoms with Crippen LogP contribution in [0.2, 0.25) is 5.02 Å². The maximum atomic E-state index is 12.6. The van der Waals surface area contributed by atoms with E-state index in [9.17, 15) is 9.59 Å². The number of carbonyl (C=O) groups is 2. The Labute approximate surface area is 158 Å². The van der Waals surface area contributed by atoms with Crippen molar-refractivity contribution in [2.75, 3.05) is 13.1 Å². The molecule has 0 aromatic heterocycles. The first-order valence-electron chi connectivity index (χ1n) is 8.85. The Morgan fingerprint density at radius 2 is 1.65 bits per heavy atom. The Morgan fingerprint density at radius 1 is 1.04 bits per heavy atom. The molecule has 1 saturated heterocycles. The monoisotopic (exact) mass is 371 g/mol. The standard InChI is InChI=1S/C21H22ClNO3/c1-15(26-19-9-7-18(22)8-10-19)21(25)23-13-11-17(12-14-23)20(24)16-5-3-2-4-6-16/h2-10,15,17H,11-14H2,1H3/t15-/m0/s1. The number of benzene rings is 2. The Hall–Kier alpha value is -2.33. The topological polar surface area (TPSA) is 46.6 Å². The normalized spacial score (nSPS) is 16.2. The van der Waals surface area contributed by atoms with Crippen molar-refractivity contribution in [1.82, 2.24) is 4.90 Å². The van der Waals surface area contributed by atoms with E-state index in [1.807, 2.05) is 30.3 Å². The number of rotatable bonds is 5. The van der Waals surface area contributed by atoms with Gasteiger partial charge < -0.3 is 9.64 Å². The number of amides is 1. The molecular formula is C21H22ClNO3. The molecule has 4 nitrogen and oxygen atoms in total. The van der Waals surface area contributed by atoms with Gasteiger partial charge in [-0.2, -0.15) is 0 Å². The van der Waals surface area contributed by atoms with Gasteiger partial charge in [-0.05, 0) is 44.0 Å². The third kappa shape index (κ3) is 4.44. The smallest absolute Gasteiger partial charge is 0.263 e. The van der Waals surface area contributed by atoms with E-state index >= 15 is 0 Å². The van der Waals surface area contributed by atoms with Gasteiger partial charge in [0, 0.05) is 29.6 Å². The second-order valence-corrected chi connectivity index (χ2v) is 6.98. The summed E-state index contributed by atoms with van der Waals surface area (Å²) in [7, 11) is 0. The van der Waals surface area contributed by atoms with Crippen molar-refractivity contribution in [3.8, 4) is 5.75 Å². The minimum atomic E-state index is -0.572. The summed E-state index contributed by atoms with van der Waals surface area (Å²) in [5.74, 6) is 0.715. The molecule has 0 aliphatic carbocycles. The summed E-state index contributed by atoms with van der Waals surface area (Å²) in [6, 6.07) is 16.3. The Kier molecular flexibility index (Phi) is 5.94. The number of ether oxygens (including phenoxy) is 1. The fourth-order valence-corrected chi connectivity index (χ4v) is 3.35. The van der Waals surface area contributed by atoms with Crippen LogP contribution in [0.25, 0.3) is 0 Å². The van der Waals surface area contributed by atoms with Crippen LogP contribution in [0.15, 0.2) is 54.6 Å². The first-order chi connectivity index (χ1) is 12.5. The Morgan fingerprint density at radius 3 is 2.27 bits per heavy atom. The molecule has 1 amide bonds. The number of carbonyl (C=O) groups excluding carboxylic acids is 2. The maximum Gasteiger partial charge on any atom is 0.263 e. The molecule has 1 heterocycles. The fourth-order valence-electron chi connectivity index (χ4n) is 3.22. The van der Waals surface area contributed by atoms with Crippen LogP contribution in [-0.4, -0.2) is 35.8 Å². The third-order valence-electron chi connectivity index (χ3n) is 4.71. The average Bonchev–Trinajstić information content (AvgIpc) is 2.69. The third-order valence-corrected chi connectivity index (χ3v) is 4.96. The zero-order chi connectivity index (χ0) is 18.5. The number of ketones is 1. The van der Waals surface area contributed by atoms with Gasteiger partial charge in [-0.25, -0.2) is 0 Å². The highest BCUT2D eigenvalue weighted by molar-refractivity contribution is 6.30. The van der Waals surface area contributed by atoms with Crippen LogP contribution in [-0.2, 0) is 4.79 Å². The van der Waals surface area contributed by atoms with Gasteiger partial charge in [0.25, 0.3) is 5.91 Å². The molecule has 26 heavy (non-hydrogen) atoms. The summed E-state index contributed by atoms with van der Waals surface area (Å²) in [5, 5.41) is 0.626. The molecule has 3 rings (SSSR count). The van der Waals surface area contributed by atoms with Gasteiger partial charge >= 0.3 is 0 Å². The molecule has 0 bridgehead atoms. The van der Waals surface area contributed by atoms with Crippen LogP contribution in [0.3, 0.4) is 0 Å². The summed E-state index contributed by atoms with van der Waals surface area (Å²) < 4.78 is 5.71. The molecule has 0 unspecified atom stereocenters. The van der Waals surface area contributed by atoms with Gasteiger partial charge in [0.05, 0.1) is 0 Å². The van der Waals surface area contributed by atoms with E-state index in [0.29, 0.717) is 36.7 Å². The van der Waals surface area contributed by atoms with Crippen LogP contribution in [0.5, 0.6) is 5.75 Å². The fraction of sp³-hybridized carbons (Fsp3) is 0.333. The number of nitrogens with zero attached hydrogens (tertiary/aromatic N) is 1. The Balaban J connectivity index is 1.53. The van der Waals surface area contributed by atoms with E-state index < -0.39 is 6.10 Å². The van der Waals surface area contributed by atoms with Gasteiger partial charge in [0.2, 0.25) is 0 Å². The van der Waals surface area contributed by atoms with Crippen molar-refractivity contribution >= 4 is 23.3 Å². The molecule has 0 spiro atoms. The zero-order valence-corrected chi connectivity index (χ0v) is 15.5. The SMILES string of the molecule is C[C@H](Oc1ccc(Cl)cc1)C(=O)N1CCC(C(=O)c2ccccc2)CC1. The lowest BCUT2D eigenvalue weighted by atomic mass is 9.89. The molecule has 1 aliphatic rings. The lowest BCUT2D eigenvalue weighted by Crippen LogP contribution is -2.45. The van der Waals surface area contributed by atoms with Gasteiger partial charge in [-0.1, -0.05) is 41.9 Å². The van der Waals surface area contributed by atoms with Crippen LogP contribution in [0.1, 0.15) is 30.1 Å². The molecule has 1 aliphatic heterocycles. The molecule has 136 valence electrons. The molecule has 1 fully saturated rings. The predicted molar refractivity (Wildman–Crippen MR) is 102 cm³/mol. The zero-order valence-electron chi connectivity index (χ0n) is 14.7. The molecule has 2 aromatic rings. The number of Topliss-reactive ketones (excluding diaryl/α,β-unsaturated/α-hetero) is 1. The number of halogens is 1. The average molecular weight is 372 g/mol. The van der Waals surface area contributed by atoms with Gasteiger partial charge in [-0.3, -0.25) is 9.59 Å². The summed E-state index contributed by atoms with van der Waals surface area (Å²) in [6.07, 6.45) is 0.804. The van der Waals surface area contributed by atoms with E-state index in [2.05, 4.69) is 0 Å². The highest BCUT2D eigenvalue weighted by Gasteiger charge is 2.30. The van der Waals surface area contributed by atoms with E-state index in [0.717, 1.165) is 5.56 Å². The van der Waals surface area contributed by atoms with Gasteiger partial charge in [0.15, 0.2) is 11.9 Å². The van der Waals surface area contributed by atoms with Crippen molar-refractivity contribution in [3.05, 3.63) is 65.2 Å². The highest BCUT2D eigenvalue weighted by atomic mass is 35.5. The van der Waals surface area contributed by atoms with Crippen molar-refractivity contribution < 1.29 is 14.3 Å². The van der Waals surface area contributed by atoms with Crippen molar-refractivity contribution in [2.45, 2.75) is 25.9 Å². The summed E-state index contributed by atoms with van der Waals surface area (Å²) in [5.41, 5.74) is 0.747. The summed E-state index contributed by atoms with van der Waals surface area (Å²) in [6.45, 7) is 2.91. The van der Waals surface area contributed by atoms with E-state index in [-0.39, 0.29) is 17.6 Å². The van der Waals surface area contributed by atoms with Crippen molar-refractivity contribution in [1.29, 1.82) is 0 Å². The number of piperidine rings is 1. The highest BCUT2D eigenvalue weighted by Crippen LogP contribution is 2.23. The molecular weight excluding hydrogens is 350 g/mol. The van der Waals surface area contributed by atoms with Crippen LogP contribution in [0.4, 0.5) is 0 Å². The van der Waals surface area contributed by atoms with E-state index in [1.54, 1.807) is 36.1 Å². The van der Waals surface area contributed by atoms with E-state index in [4.69, 9.17) is 16.3 Å². The lowest BCUT2D eigenvalue weighted by Gasteiger charge is -2.33. The van der Waals surface area contributed by atoms with Crippen LogP contribution >= 0.6 is 11.6 Å². The quantitative estimate of drug-likeness (QED) is 0.739. The molecule has 5 heteroatoms. The number of hydrogen-bond donors (Lipinski definition) is 0. The van der Waals surface area contributed by atoms with Crippen molar-refractivity contribution in [2.24, 2.45) is 5.92 Å². The molecule has 0 radical (unpaired) electrons. The summed E-state index contributed by atoms with van der Waals surface area (Å²) >= 11 is 5.86. The second-order valence-electron chi connectivity index (χ2n) is 6.54. The molecule has 0 N–H and O–H groups in total. The lowest BCUT2D eigenvalue weighted by molar-refractivity contribution is -0.139. The molecule has 2 aromatic carbocycles. The number of likely N-dealkylation sites (tertiary alicyclic amines) is 1. The largest absolute Gasteiger partial charge is 0.481 e. The van der Waals surface area contributed by atoms with Crippen molar-refractivity contribution in [3.63, 3.8) is 0 Å². The maximum absolute atomic E-state index is 12.6. The minimum Gasteiger partial charge on any atom is -0.481 e. The van der Waals surface area contributed by atoms with E-state index in [1.165, 1.54) is 0 Å². The second kappa shape index (κ2) is 8.37. The predicted octanol–water partition coefficient (Wildman–Crippen LogP) is 4.23. The van der Waals surface area contributed by atoms with Gasteiger partial charge in [0.1, 0.15) is 5.75 Å². The molecule has 1 atom stereocenters. The minimum absolute atomic E-state index is 0.0195. The first kappa shape index (κ1) is 18.5. The van der Waals surface area contributed by atoms with Crippen LogP contribution in [0, 0.1) is 5.92 Å². The first-order valence-corrected chi connectivity index (χ1v) is 9.22. The number of hydrogen-bond acceptors (Lipinski definition) is 3. The molecule has 0 saturated carbocycles. The summed E-state index contributed by atoms with van der Waals surface area (Å²) in [4.78, 5) is 26.9. The van der Waals surface area contributed by atoms with Gasteiger partial charge in [-0.15, -0.1) is 0 Å².